The van der Waals surface area contributed by atoms with Gasteiger partial charge in [0.2, 0.25) is 0 Å². The highest BCUT2D eigenvalue weighted by molar-refractivity contribution is 5.97. The zero-order valence-electron chi connectivity index (χ0n) is 18.6. The molecule has 7 rings (SSSR count). The number of fused-ring (bicyclic) bond motifs is 8. The van der Waals surface area contributed by atoms with Crippen molar-refractivity contribution < 1.29 is 0 Å². The summed E-state index contributed by atoms with van der Waals surface area (Å²) in [5, 5.41) is 10.6. The second-order valence-electron chi connectivity index (χ2n) is 9.47. The minimum Gasteiger partial charge on any atom is -0.366 e. The number of nitriles is 1. The normalized spacial score (nSPS) is 15.1. The monoisotopic (exact) mass is 424 g/mol. The molecule has 0 bridgehead atoms. The van der Waals surface area contributed by atoms with Gasteiger partial charge in [-0.2, -0.15) is 5.26 Å². The summed E-state index contributed by atoms with van der Waals surface area (Å²) in [6.07, 6.45) is 3.98. The number of anilines is 1. The number of nitrogens with zero attached hydrogens (tertiary/aromatic N) is 2. The van der Waals surface area contributed by atoms with Gasteiger partial charge < -0.3 is 4.90 Å². The molecule has 2 aliphatic carbocycles. The van der Waals surface area contributed by atoms with E-state index < -0.39 is 0 Å². The number of benzene rings is 4. The lowest BCUT2D eigenvalue weighted by molar-refractivity contribution is 0.724. The van der Waals surface area contributed by atoms with Gasteiger partial charge in [0, 0.05) is 18.7 Å². The maximum Gasteiger partial charge on any atom is 0.102 e. The van der Waals surface area contributed by atoms with Gasteiger partial charge >= 0.3 is 0 Å². The van der Waals surface area contributed by atoms with Crippen LogP contribution in [0.2, 0.25) is 0 Å². The van der Waals surface area contributed by atoms with Crippen LogP contribution >= 0.6 is 0 Å². The van der Waals surface area contributed by atoms with Crippen molar-refractivity contribution in [3.63, 3.8) is 0 Å². The SMILES string of the molecule is N#Cc1c2c(c3c(c1N1CCc4ccccc4C1)CCc1ccccc1-3)Cc1ccccc1-2. The summed E-state index contributed by atoms with van der Waals surface area (Å²) in [7, 11) is 0. The molecule has 0 N–H and O–H groups in total. The van der Waals surface area contributed by atoms with E-state index in [4.69, 9.17) is 0 Å². The fourth-order valence-electron chi connectivity index (χ4n) is 6.38. The van der Waals surface area contributed by atoms with Gasteiger partial charge in [0.1, 0.15) is 6.07 Å². The molecule has 1 aliphatic heterocycles. The molecule has 2 nitrogen and oxygen atoms in total. The average Bonchev–Trinajstić information content (AvgIpc) is 3.26. The lowest BCUT2D eigenvalue weighted by atomic mass is 9.78. The Labute approximate surface area is 194 Å². The summed E-state index contributed by atoms with van der Waals surface area (Å²) in [5.74, 6) is 0. The molecule has 0 spiro atoms. The van der Waals surface area contributed by atoms with Crippen LogP contribution in [0.4, 0.5) is 5.69 Å². The molecule has 0 amide bonds. The number of hydrogen-bond donors (Lipinski definition) is 0. The summed E-state index contributed by atoms with van der Waals surface area (Å²) in [6.45, 7) is 1.83. The predicted molar refractivity (Wildman–Crippen MR) is 133 cm³/mol. The first kappa shape index (κ1) is 18.7. The van der Waals surface area contributed by atoms with E-state index in [1.54, 1.807) is 0 Å². The topological polar surface area (TPSA) is 27.0 Å². The standard InChI is InChI=1S/C31H24N2/c32-18-28-30-25-12-6-4-9-22(25)17-27(30)29-24-11-5-3-8-21(24)13-14-26(29)31(28)33-16-15-20-7-1-2-10-23(20)19-33/h1-12H,13-17,19H2. The molecule has 158 valence electrons. The summed E-state index contributed by atoms with van der Waals surface area (Å²) >= 11 is 0. The van der Waals surface area contributed by atoms with Crippen LogP contribution in [0.25, 0.3) is 22.3 Å². The van der Waals surface area contributed by atoms with Crippen LogP contribution in [-0.2, 0) is 32.2 Å². The van der Waals surface area contributed by atoms with Crippen molar-refractivity contribution in [3.05, 3.63) is 112 Å². The van der Waals surface area contributed by atoms with Gasteiger partial charge in [-0.3, -0.25) is 0 Å². The second-order valence-corrected chi connectivity index (χ2v) is 9.47. The first-order chi connectivity index (χ1) is 16.3. The van der Waals surface area contributed by atoms with Crippen molar-refractivity contribution in [3.8, 4) is 28.3 Å². The van der Waals surface area contributed by atoms with E-state index in [1.165, 1.54) is 61.3 Å². The molecule has 4 aromatic carbocycles. The molecule has 33 heavy (non-hydrogen) atoms. The van der Waals surface area contributed by atoms with Crippen LogP contribution < -0.4 is 4.90 Å². The van der Waals surface area contributed by atoms with Gasteiger partial charge in [-0.1, -0.05) is 72.8 Å². The molecule has 0 atom stereocenters. The zero-order chi connectivity index (χ0) is 21.9. The van der Waals surface area contributed by atoms with E-state index in [-0.39, 0.29) is 0 Å². The van der Waals surface area contributed by atoms with Crippen LogP contribution in [0.5, 0.6) is 0 Å². The lowest BCUT2D eigenvalue weighted by Gasteiger charge is -2.36. The minimum atomic E-state index is 0.874. The summed E-state index contributed by atoms with van der Waals surface area (Å²) in [5.41, 5.74) is 15.6. The van der Waals surface area contributed by atoms with Crippen molar-refractivity contribution >= 4 is 5.69 Å². The Balaban J connectivity index is 1.54. The average molecular weight is 425 g/mol. The largest absolute Gasteiger partial charge is 0.366 e. The highest BCUT2D eigenvalue weighted by Crippen LogP contribution is 2.52. The maximum atomic E-state index is 10.6. The van der Waals surface area contributed by atoms with Gasteiger partial charge in [0.25, 0.3) is 0 Å². The Morgan fingerprint density at radius 1 is 0.636 bits per heavy atom. The lowest BCUT2D eigenvalue weighted by Crippen LogP contribution is -2.32. The molecular formula is C31H24N2. The fraction of sp³-hybridized carbons (Fsp3) is 0.194. The van der Waals surface area contributed by atoms with Crippen LogP contribution in [0.1, 0.15) is 38.9 Å². The van der Waals surface area contributed by atoms with E-state index in [2.05, 4.69) is 83.8 Å². The molecule has 0 aromatic heterocycles. The number of hydrogen-bond acceptors (Lipinski definition) is 2. The Bertz CT molecular complexity index is 1490. The van der Waals surface area contributed by atoms with E-state index in [1.807, 2.05) is 0 Å². The third-order valence-corrected chi connectivity index (χ3v) is 7.82. The van der Waals surface area contributed by atoms with E-state index in [0.717, 1.165) is 44.3 Å². The molecule has 1 heterocycles. The van der Waals surface area contributed by atoms with Crippen LogP contribution in [0.3, 0.4) is 0 Å². The maximum absolute atomic E-state index is 10.6. The number of aryl methyl sites for hydroxylation is 1. The highest BCUT2D eigenvalue weighted by atomic mass is 15.1. The Morgan fingerprint density at radius 2 is 1.30 bits per heavy atom. The van der Waals surface area contributed by atoms with E-state index in [9.17, 15) is 5.26 Å². The van der Waals surface area contributed by atoms with Crippen LogP contribution in [0.15, 0.2) is 72.8 Å². The molecule has 4 aromatic rings. The van der Waals surface area contributed by atoms with Gasteiger partial charge in [-0.15, -0.1) is 0 Å². The molecule has 3 aliphatic rings. The second kappa shape index (κ2) is 7.09. The van der Waals surface area contributed by atoms with Gasteiger partial charge in [0.05, 0.1) is 11.3 Å². The third kappa shape index (κ3) is 2.66. The quantitative estimate of drug-likeness (QED) is 0.309. The molecule has 0 saturated carbocycles. The molecule has 0 fully saturated rings. The molecule has 2 heteroatoms. The van der Waals surface area contributed by atoms with Crippen molar-refractivity contribution in [1.29, 1.82) is 5.26 Å². The Hall–Kier alpha value is -3.83. The Kier molecular flexibility index (Phi) is 4.02. The van der Waals surface area contributed by atoms with Crippen LogP contribution in [0, 0.1) is 11.3 Å². The van der Waals surface area contributed by atoms with Gasteiger partial charge in [-0.25, -0.2) is 0 Å². The van der Waals surface area contributed by atoms with E-state index in [0.29, 0.717) is 0 Å². The zero-order valence-corrected chi connectivity index (χ0v) is 18.6. The molecule has 0 radical (unpaired) electrons. The van der Waals surface area contributed by atoms with Crippen molar-refractivity contribution in [2.75, 3.05) is 11.4 Å². The van der Waals surface area contributed by atoms with Crippen LogP contribution in [-0.4, -0.2) is 6.54 Å². The van der Waals surface area contributed by atoms with E-state index >= 15 is 0 Å². The van der Waals surface area contributed by atoms with Crippen molar-refractivity contribution in [2.24, 2.45) is 0 Å². The fourth-order valence-corrected chi connectivity index (χ4v) is 6.38. The highest BCUT2D eigenvalue weighted by Gasteiger charge is 2.34. The van der Waals surface area contributed by atoms with Gasteiger partial charge in [-0.05, 0) is 75.8 Å². The first-order valence-corrected chi connectivity index (χ1v) is 11.9. The van der Waals surface area contributed by atoms with Gasteiger partial charge in [0.15, 0.2) is 0 Å². The summed E-state index contributed by atoms with van der Waals surface area (Å²) in [6, 6.07) is 29.0. The predicted octanol–water partition coefficient (Wildman–Crippen LogP) is 6.46. The summed E-state index contributed by atoms with van der Waals surface area (Å²) in [4.78, 5) is 2.49. The Morgan fingerprint density at radius 3 is 2.09 bits per heavy atom. The number of rotatable bonds is 1. The smallest absolute Gasteiger partial charge is 0.102 e. The third-order valence-electron chi connectivity index (χ3n) is 7.82. The van der Waals surface area contributed by atoms with Crippen molar-refractivity contribution in [2.45, 2.75) is 32.2 Å². The molecule has 0 unspecified atom stereocenters. The molecule has 0 saturated heterocycles. The molecular weight excluding hydrogens is 400 g/mol. The summed E-state index contributed by atoms with van der Waals surface area (Å²) < 4.78 is 0. The van der Waals surface area contributed by atoms with Crippen molar-refractivity contribution in [1.82, 2.24) is 0 Å². The minimum absolute atomic E-state index is 0.874. The first-order valence-electron chi connectivity index (χ1n) is 11.9.